The molecule has 1 atom stereocenters. The van der Waals surface area contributed by atoms with Gasteiger partial charge in [0.25, 0.3) is 0 Å². The van der Waals surface area contributed by atoms with Crippen LogP contribution in [0.2, 0.25) is 0 Å². The lowest BCUT2D eigenvalue weighted by atomic mass is 9.93. The fraction of sp³-hybridized carbons (Fsp3) is 0.480. The van der Waals surface area contributed by atoms with E-state index >= 15 is 0 Å². The van der Waals surface area contributed by atoms with Gasteiger partial charge in [0.2, 0.25) is 5.91 Å². The molecule has 0 unspecified atom stereocenters. The molecule has 0 heterocycles. The molecule has 8 heteroatoms. The third-order valence-electron chi connectivity index (χ3n) is 5.74. The summed E-state index contributed by atoms with van der Waals surface area (Å²) in [6.45, 7) is 11.5. The Kier molecular flexibility index (Phi) is 8.54. The molecule has 0 fully saturated rings. The summed E-state index contributed by atoms with van der Waals surface area (Å²) in [7, 11) is 0.700. The van der Waals surface area contributed by atoms with Crippen molar-refractivity contribution in [3.05, 3.63) is 58.1 Å². The van der Waals surface area contributed by atoms with Crippen LogP contribution in [0.4, 0.5) is 5.69 Å². The first-order valence-corrected chi connectivity index (χ1v) is 12.4. The Balaban J connectivity index is 2.36. The maximum absolute atomic E-state index is 13.1. The molecule has 1 amide bonds. The lowest BCUT2D eigenvalue weighted by Crippen LogP contribution is -2.46. The molecular weight excluding hydrogens is 438 g/mol. The van der Waals surface area contributed by atoms with Gasteiger partial charge in [-0.05, 0) is 79.6 Å². The number of anilines is 1. The van der Waals surface area contributed by atoms with Crippen molar-refractivity contribution in [2.45, 2.75) is 53.5 Å². The van der Waals surface area contributed by atoms with Gasteiger partial charge in [-0.3, -0.25) is 4.79 Å². The molecule has 2 rings (SSSR count). The lowest BCUT2D eigenvalue weighted by Gasteiger charge is -2.29. The zero-order chi connectivity index (χ0) is 25.1. The van der Waals surface area contributed by atoms with E-state index in [2.05, 4.69) is 25.2 Å². The molecule has 182 valence electrons. The number of ether oxygens (including phenoxy) is 1. The lowest BCUT2D eigenvalue weighted by molar-refractivity contribution is -0.120. The summed E-state index contributed by atoms with van der Waals surface area (Å²) in [5, 5.41) is 2.98. The highest BCUT2D eigenvalue weighted by Crippen LogP contribution is 2.32. The van der Waals surface area contributed by atoms with Gasteiger partial charge < -0.3 is 10.1 Å². The third kappa shape index (κ3) is 6.06. The predicted octanol–water partition coefficient (Wildman–Crippen LogP) is 4.23. The molecule has 1 N–H and O–H groups in total. The second-order valence-corrected chi connectivity index (χ2v) is 11.0. The second kappa shape index (κ2) is 10.6. The van der Waals surface area contributed by atoms with Crippen molar-refractivity contribution >= 4 is 21.8 Å². The Morgan fingerprint density at radius 2 is 1.64 bits per heavy atom. The summed E-state index contributed by atoms with van der Waals surface area (Å²) in [4.78, 5) is 13.1. The monoisotopic (exact) mass is 475 g/mol. The molecule has 0 saturated heterocycles. The highest BCUT2D eigenvalue weighted by molar-refractivity contribution is 7.90. The number of rotatable bonds is 9. The number of nitrogens with zero attached hydrogens (tertiary/aromatic N) is 2. The zero-order valence-electron chi connectivity index (χ0n) is 21.2. The molecular formula is C25H37N3O4S. The summed E-state index contributed by atoms with van der Waals surface area (Å²) in [5.74, 6) is 0.699. The second-order valence-electron chi connectivity index (χ2n) is 8.98. The van der Waals surface area contributed by atoms with E-state index < -0.39 is 10.2 Å². The molecule has 0 bridgehead atoms. The molecule has 2 aromatic carbocycles. The van der Waals surface area contributed by atoms with Gasteiger partial charge in [0, 0.05) is 14.1 Å². The van der Waals surface area contributed by atoms with Crippen LogP contribution >= 0.6 is 0 Å². The van der Waals surface area contributed by atoms with Crippen LogP contribution in [-0.2, 0) is 15.0 Å². The van der Waals surface area contributed by atoms with E-state index in [-0.39, 0.29) is 24.4 Å². The summed E-state index contributed by atoms with van der Waals surface area (Å²) < 4.78 is 34.0. The van der Waals surface area contributed by atoms with Gasteiger partial charge in [-0.15, -0.1) is 0 Å². The number of carbonyl (C=O) groups excluding carboxylic acids is 1. The quantitative estimate of drug-likeness (QED) is 0.589. The molecule has 0 aliphatic carbocycles. The van der Waals surface area contributed by atoms with Crippen molar-refractivity contribution in [3.8, 4) is 5.75 Å². The maximum atomic E-state index is 13.1. The fourth-order valence-electron chi connectivity index (χ4n) is 3.78. The Hall–Kier alpha value is -2.58. The van der Waals surface area contributed by atoms with E-state index in [1.165, 1.54) is 14.1 Å². The molecule has 0 aromatic heterocycles. The highest BCUT2D eigenvalue weighted by Gasteiger charge is 2.29. The minimum Gasteiger partial charge on any atom is -0.496 e. The molecule has 0 spiro atoms. The van der Waals surface area contributed by atoms with E-state index in [4.69, 9.17) is 4.74 Å². The average Bonchev–Trinajstić information content (AvgIpc) is 2.72. The van der Waals surface area contributed by atoms with E-state index in [9.17, 15) is 13.2 Å². The molecule has 33 heavy (non-hydrogen) atoms. The van der Waals surface area contributed by atoms with Gasteiger partial charge in [0.15, 0.2) is 0 Å². The van der Waals surface area contributed by atoms with Gasteiger partial charge in [-0.1, -0.05) is 26.0 Å². The number of methoxy groups -OCH3 is 1. The Morgan fingerprint density at radius 1 is 1.00 bits per heavy atom. The normalized spacial score (nSPS) is 12.7. The van der Waals surface area contributed by atoms with Crippen molar-refractivity contribution in [2.24, 2.45) is 0 Å². The van der Waals surface area contributed by atoms with Crippen LogP contribution in [0.25, 0.3) is 0 Å². The number of amides is 1. The summed E-state index contributed by atoms with van der Waals surface area (Å²) in [6, 6.07) is 9.30. The van der Waals surface area contributed by atoms with Crippen LogP contribution in [-0.4, -0.2) is 46.4 Å². The summed E-state index contributed by atoms with van der Waals surface area (Å²) >= 11 is 0. The average molecular weight is 476 g/mol. The number of hydrogen-bond acceptors (Lipinski definition) is 4. The Morgan fingerprint density at radius 3 is 2.18 bits per heavy atom. The van der Waals surface area contributed by atoms with Crippen LogP contribution in [0, 0.1) is 20.8 Å². The largest absolute Gasteiger partial charge is 0.496 e. The minimum absolute atomic E-state index is 0.257. The van der Waals surface area contributed by atoms with Gasteiger partial charge in [-0.25, -0.2) is 4.31 Å². The third-order valence-corrected chi connectivity index (χ3v) is 7.55. The van der Waals surface area contributed by atoms with Crippen LogP contribution in [0.5, 0.6) is 5.75 Å². The van der Waals surface area contributed by atoms with Crippen LogP contribution in [0.3, 0.4) is 0 Å². The zero-order valence-corrected chi connectivity index (χ0v) is 22.0. The first-order valence-electron chi connectivity index (χ1n) is 11.0. The van der Waals surface area contributed by atoms with Crippen molar-refractivity contribution in [1.29, 1.82) is 0 Å². The smallest absolute Gasteiger partial charge is 0.304 e. The van der Waals surface area contributed by atoms with Crippen LogP contribution in [0.15, 0.2) is 30.3 Å². The molecule has 0 aliphatic heterocycles. The van der Waals surface area contributed by atoms with Crippen molar-refractivity contribution in [2.75, 3.05) is 32.1 Å². The molecule has 0 aliphatic rings. The standard InChI is InChI=1S/C25H37N3O4S/c1-16(2)21-14-22(19(5)13-24(21)32-9)20(6)26-25(29)15-28(33(30,31)27(7)8)23-12-17(3)10-11-18(23)4/h10-14,16,20H,15H2,1-9H3,(H,26,29)/t20-/m1/s1. The SMILES string of the molecule is COc1cc(C)c([C@@H](C)NC(=O)CN(c2cc(C)ccc2C)S(=O)(=O)N(C)C)cc1C(C)C. The van der Waals surface area contributed by atoms with E-state index in [1.807, 2.05) is 45.9 Å². The Labute approximate surface area is 198 Å². The van der Waals surface area contributed by atoms with Crippen LogP contribution in [0.1, 0.15) is 60.5 Å². The fourth-order valence-corrected chi connectivity index (χ4v) is 4.90. The number of aryl methyl sites for hydroxylation is 3. The van der Waals surface area contributed by atoms with Crippen molar-refractivity contribution < 1.29 is 17.9 Å². The predicted molar refractivity (Wildman–Crippen MR) is 134 cm³/mol. The molecule has 0 saturated carbocycles. The molecule has 2 aromatic rings. The first-order chi connectivity index (χ1) is 15.3. The summed E-state index contributed by atoms with van der Waals surface area (Å²) in [5.41, 5.74) is 5.22. The van der Waals surface area contributed by atoms with E-state index in [0.717, 1.165) is 42.2 Å². The number of nitrogens with one attached hydrogen (secondary N) is 1. The molecule has 7 nitrogen and oxygen atoms in total. The Bertz CT molecular complexity index is 1110. The number of hydrogen-bond donors (Lipinski definition) is 1. The van der Waals surface area contributed by atoms with E-state index in [1.54, 1.807) is 13.2 Å². The summed E-state index contributed by atoms with van der Waals surface area (Å²) in [6.07, 6.45) is 0. The number of carbonyl (C=O) groups is 1. The molecule has 0 radical (unpaired) electrons. The topological polar surface area (TPSA) is 79.0 Å². The van der Waals surface area contributed by atoms with Crippen molar-refractivity contribution in [1.82, 2.24) is 9.62 Å². The van der Waals surface area contributed by atoms with Crippen molar-refractivity contribution in [3.63, 3.8) is 0 Å². The van der Waals surface area contributed by atoms with Gasteiger partial charge >= 0.3 is 10.2 Å². The van der Waals surface area contributed by atoms with Crippen LogP contribution < -0.4 is 14.4 Å². The highest BCUT2D eigenvalue weighted by atomic mass is 32.2. The van der Waals surface area contributed by atoms with E-state index in [0.29, 0.717) is 5.69 Å². The minimum atomic E-state index is -3.87. The first kappa shape index (κ1) is 26.7. The van der Waals surface area contributed by atoms with Gasteiger partial charge in [0.05, 0.1) is 18.8 Å². The van der Waals surface area contributed by atoms with Gasteiger partial charge in [-0.2, -0.15) is 12.7 Å². The van der Waals surface area contributed by atoms with Gasteiger partial charge in [0.1, 0.15) is 12.3 Å². The maximum Gasteiger partial charge on any atom is 0.304 e. The number of benzene rings is 2.